The lowest BCUT2D eigenvalue weighted by molar-refractivity contribution is 0.471. The molecule has 0 radical (unpaired) electrons. The van der Waals surface area contributed by atoms with E-state index >= 15 is 0 Å². The fourth-order valence-electron chi connectivity index (χ4n) is 2.25. The van der Waals surface area contributed by atoms with Crippen LogP contribution in [0.5, 0.6) is 5.75 Å². The molecule has 0 saturated heterocycles. The first kappa shape index (κ1) is 16.7. The van der Waals surface area contributed by atoms with E-state index in [1.165, 1.54) is 6.21 Å². The number of aryl methyl sites for hydroxylation is 3. The van der Waals surface area contributed by atoms with Crippen molar-refractivity contribution in [3.63, 3.8) is 0 Å². The Bertz CT molecular complexity index is 946. The summed E-state index contributed by atoms with van der Waals surface area (Å²) in [6.45, 7) is 5.62. The van der Waals surface area contributed by atoms with E-state index in [4.69, 9.17) is 11.6 Å². The fraction of sp³-hybridized carbons (Fsp3) is 0.200. The van der Waals surface area contributed by atoms with Gasteiger partial charge in [-0.1, -0.05) is 11.6 Å². The Morgan fingerprint density at radius 1 is 1.21 bits per heavy atom. The highest BCUT2D eigenvalue weighted by molar-refractivity contribution is 9.10. The van der Waals surface area contributed by atoms with Gasteiger partial charge in [-0.25, -0.2) is 4.68 Å². The number of rotatable bonds is 3. The molecule has 2 heterocycles. The minimum absolute atomic E-state index is 0.0570. The molecular weight excluding hydrogens is 396 g/mol. The number of hydrogen-bond donors (Lipinski definition) is 1. The molecule has 2 aromatic heterocycles. The molecule has 0 bridgehead atoms. The molecule has 0 aliphatic carbocycles. The van der Waals surface area contributed by atoms with Crippen molar-refractivity contribution < 1.29 is 5.11 Å². The second-order valence-electron chi connectivity index (χ2n) is 5.27. The number of aromatic nitrogens is 5. The molecule has 0 saturated carbocycles. The molecule has 0 aliphatic heterocycles. The van der Waals surface area contributed by atoms with Gasteiger partial charge in [0, 0.05) is 16.3 Å². The number of phenols is 1. The third-order valence-corrected chi connectivity index (χ3v) is 4.17. The molecule has 0 unspecified atom stereocenters. The van der Waals surface area contributed by atoms with E-state index in [-0.39, 0.29) is 5.75 Å². The van der Waals surface area contributed by atoms with Crippen molar-refractivity contribution in [3.05, 3.63) is 50.5 Å². The van der Waals surface area contributed by atoms with Crippen molar-refractivity contribution in [2.45, 2.75) is 20.8 Å². The highest BCUT2D eigenvalue weighted by Crippen LogP contribution is 2.30. The number of nitrogens with zero attached hydrogens (tertiary/aromatic N) is 6. The van der Waals surface area contributed by atoms with Gasteiger partial charge in [0.15, 0.2) is 5.82 Å². The van der Waals surface area contributed by atoms with E-state index in [0.29, 0.717) is 26.8 Å². The van der Waals surface area contributed by atoms with Gasteiger partial charge in [0.05, 0.1) is 16.4 Å². The summed E-state index contributed by atoms with van der Waals surface area (Å²) in [5.74, 6) is 1.12. The lowest BCUT2D eigenvalue weighted by atomic mass is 10.2. The van der Waals surface area contributed by atoms with Crippen LogP contribution >= 0.6 is 27.5 Å². The zero-order chi connectivity index (χ0) is 17.4. The molecule has 3 aromatic rings. The van der Waals surface area contributed by atoms with Crippen LogP contribution in [0.2, 0.25) is 5.02 Å². The zero-order valence-electron chi connectivity index (χ0n) is 13.2. The van der Waals surface area contributed by atoms with Gasteiger partial charge in [-0.05, 0) is 54.9 Å². The molecule has 0 atom stereocenters. The van der Waals surface area contributed by atoms with Crippen LogP contribution in [0.15, 0.2) is 27.8 Å². The number of aromatic hydroxyl groups is 1. The SMILES string of the molecule is Cc1cc(C)n(-c2nnc(C)n2/N=C/c2cc(Cl)cc(Br)c2O)n1. The lowest BCUT2D eigenvalue weighted by Crippen LogP contribution is -2.08. The van der Waals surface area contributed by atoms with Gasteiger partial charge in [-0.2, -0.15) is 14.9 Å². The molecule has 24 heavy (non-hydrogen) atoms. The molecule has 1 N–H and O–H groups in total. The number of phenolic OH excluding ortho intramolecular Hbond substituents is 1. The van der Waals surface area contributed by atoms with Gasteiger partial charge in [0.2, 0.25) is 0 Å². The highest BCUT2D eigenvalue weighted by Gasteiger charge is 2.14. The Morgan fingerprint density at radius 2 is 1.96 bits per heavy atom. The smallest absolute Gasteiger partial charge is 0.273 e. The second kappa shape index (κ2) is 6.37. The fourth-order valence-corrected chi connectivity index (χ4v) is 3.08. The molecule has 9 heteroatoms. The minimum Gasteiger partial charge on any atom is -0.506 e. The Hall–Kier alpha value is -2.19. The first-order valence-electron chi connectivity index (χ1n) is 7.05. The topological polar surface area (TPSA) is 81.1 Å². The van der Waals surface area contributed by atoms with E-state index in [1.54, 1.807) is 28.4 Å². The maximum Gasteiger partial charge on any atom is 0.273 e. The molecule has 7 nitrogen and oxygen atoms in total. The van der Waals surface area contributed by atoms with E-state index in [0.717, 1.165) is 11.4 Å². The standard InChI is InChI=1S/C15H14BrClN6O/c1-8-4-9(2)22(21-8)15-20-19-10(3)23(15)18-7-11-5-12(17)6-13(16)14(11)24/h4-7,24H,1-3H3/b18-7+. The highest BCUT2D eigenvalue weighted by atomic mass is 79.9. The molecule has 0 fully saturated rings. The summed E-state index contributed by atoms with van der Waals surface area (Å²) in [4.78, 5) is 0. The van der Waals surface area contributed by atoms with Crippen molar-refractivity contribution in [2.75, 3.05) is 0 Å². The summed E-state index contributed by atoms with van der Waals surface area (Å²) in [6.07, 6.45) is 1.50. The summed E-state index contributed by atoms with van der Waals surface area (Å²) < 4.78 is 3.71. The quantitative estimate of drug-likeness (QED) is 0.672. The third kappa shape index (κ3) is 3.07. The second-order valence-corrected chi connectivity index (χ2v) is 6.56. The van der Waals surface area contributed by atoms with E-state index < -0.39 is 0 Å². The first-order valence-corrected chi connectivity index (χ1v) is 8.22. The van der Waals surface area contributed by atoms with Gasteiger partial charge < -0.3 is 5.11 Å². The maximum absolute atomic E-state index is 10.1. The third-order valence-electron chi connectivity index (χ3n) is 3.35. The van der Waals surface area contributed by atoms with Crippen LogP contribution in [0.1, 0.15) is 22.8 Å². The number of halogens is 2. The van der Waals surface area contributed by atoms with Crippen molar-refractivity contribution in [3.8, 4) is 11.7 Å². The maximum atomic E-state index is 10.1. The van der Waals surface area contributed by atoms with Gasteiger partial charge in [0.25, 0.3) is 5.95 Å². The molecule has 3 rings (SSSR count). The summed E-state index contributed by atoms with van der Waals surface area (Å²) in [6, 6.07) is 5.17. The first-order chi connectivity index (χ1) is 11.4. The van der Waals surface area contributed by atoms with Crippen LogP contribution in [-0.2, 0) is 0 Å². The number of benzene rings is 1. The predicted octanol–water partition coefficient (Wildman–Crippen LogP) is 3.39. The normalized spacial score (nSPS) is 11.5. The minimum atomic E-state index is 0.0570. The zero-order valence-corrected chi connectivity index (χ0v) is 15.5. The Labute approximate surface area is 151 Å². The van der Waals surface area contributed by atoms with Crippen LogP contribution in [-0.4, -0.2) is 36.0 Å². The van der Waals surface area contributed by atoms with E-state index in [2.05, 4.69) is 36.3 Å². The number of hydrogen-bond acceptors (Lipinski definition) is 5. The average Bonchev–Trinajstić information content (AvgIpc) is 3.03. The van der Waals surface area contributed by atoms with E-state index in [1.807, 2.05) is 19.9 Å². The van der Waals surface area contributed by atoms with Crippen molar-refractivity contribution in [1.82, 2.24) is 24.7 Å². The van der Waals surface area contributed by atoms with Crippen LogP contribution < -0.4 is 0 Å². The molecule has 0 spiro atoms. The van der Waals surface area contributed by atoms with Crippen molar-refractivity contribution >= 4 is 33.7 Å². The van der Waals surface area contributed by atoms with Gasteiger partial charge >= 0.3 is 0 Å². The summed E-state index contributed by atoms with van der Waals surface area (Å²) >= 11 is 9.27. The van der Waals surface area contributed by atoms with Gasteiger partial charge in [-0.15, -0.1) is 10.2 Å². The van der Waals surface area contributed by atoms with E-state index in [9.17, 15) is 5.11 Å². The Kier molecular flexibility index (Phi) is 4.42. The molecular formula is C15H14BrClN6O. The predicted molar refractivity (Wildman–Crippen MR) is 95.2 cm³/mol. The molecule has 0 amide bonds. The monoisotopic (exact) mass is 408 g/mol. The van der Waals surface area contributed by atoms with Gasteiger partial charge in [-0.3, -0.25) is 0 Å². The Balaban J connectivity index is 2.06. The van der Waals surface area contributed by atoms with Crippen molar-refractivity contribution in [1.29, 1.82) is 0 Å². The van der Waals surface area contributed by atoms with Crippen LogP contribution in [0, 0.1) is 20.8 Å². The Morgan fingerprint density at radius 3 is 2.62 bits per heavy atom. The van der Waals surface area contributed by atoms with Crippen LogP contribution in [0.25, 0.3) is 5.95 Å². The largest absolute Gasteiger partial charge is 0.506 e. The van der Waals surface area contributed by atoms with Gasteiger partial charge in [0.1, 0.15) is 5.75 Å². The lowest BCUT2D eigenvalue weighted by Gasteiger charge is -2.05. The average molecular weight is 410 g/mol. The van der Waals surface area contributed by atoms with Crippen LogP contribution in [0.4, 0.5) is 0 Å². The van der Waals surface area contributed by atoms with Crippen molar-refractivity contribution in [2.24, 2.45) is 5.10 Å². The molecule has 124 valence electrons. The summed E-state index contributed by atoms with van der Waals surface area (Å²) in [7, 11) is 0. The van der Waals surface area contributed by atoms with Crippen LogP contribution in [0.3, 0.4) is 0 Å². The summed E-state index contributed by atoms with van der Waals surface area (Å²) in [5, 5.41) is 27.5. The molecule has 0 aliphatic rings. The molecule has 1 aromatic carbocycles. The summed E-state index contributed by atoms with van der Waals surface area (Å²) in [5.41, 5.74) is 2.27.